The normalized spacial score (nSPS) is 17.9. The van der Waals surface area contributed by atoms with Gasteiger partial charge in [-0.2, -0.15) is 0 Å². The first kappa shape index (κ1) is 16.2. The van der Waals surface area contributed by atoms with Crippen LogP contribution in [0, 0.1) is 16.0 Å². The van der Waals surface area contributed by atoms with E-state index < -0.39 is 0 Å². The molecule has 21 heavy (non-hydrogen) atoms. The van der Waals surface area contributed by atoms with Crippen LogP contribution < -0.4 is 5.32 Å². The van der Waals surface area contributed by atoms with Crippen LogP contribution in [0.3, 0.4) is 0 Å². The van der Waals surface area contributed by atoms with Gasteiger partial charge in [0.25, 0.3) is 5.69 Å². The Hall–Kier alpha value is -1.17. The molecule has 0 aliphatic carbocycles. The zero-order valence-electron chi connectivity index (χ0n) is 12.5. The summed E-state index contributed by atoms with van der Waals surface area (Å²) < 4.78 is 0. The molecule has 0 unspecified atom stereocenters. The lowest BCUT2D eigenvalue weighted by Gasteiger charge is -2.36. The molecule has 0 radical (unpaired) electrons. The van der Waals surface area contributed by atoms with Gasteiger partial charge in [0.15, 0.2) is 0 Å². The largest absolute Gasteiger partial charge is 0.314 e. The quantitative estimate of drug-likeness (QED) is 0.670. The number of nitro benzene ring substituents is 1. The number of benzene rings is 1. The van der Waals surface area contributed by atoms with Gasteiger partial charge in [-0.1, -0.05) is 25.4 Å². The maximum atomic E-state index is 11.0. The highest BCUT2D eigenvalue weighted by Gasteiger charge is 2.26. The second-order valence-corrected chi connectivity index (χ2v) is 6.30. The highest BCUT2D eigenvalue weighted by molar-refractivity contribution is 6.31. The van der Waals surface area contributed by atoms with Crippen LogP contribution in [0.2, 0.25) is 5.02 Å². The molecule has 0 amide bonds. The van der Waals surface area contributed by atoms with Crippen LogP contribution in [-0.4, -0.2) is 36.0 Å². The lowest BCUT2D eigenvalue weighted by Crippen LogP contribution is -2.45. The van der Waals surface area contributed by atoms with Crippen molar-refractivity contribution in [1.82, 2.24) is 10.2 Å². The molecule has 1 aromatic carbocycles. The van der Waals surface area contributed by atoms with Gasteiger partial charge in [-0.25, -0.2) is 0 Å². The third-order valence-electron chi connectivity index (χ3n) is 3.84. The van der Waals surface area contributed by atoms with Gasteiger partial charge < -0.3 is 5.32 Å². The molecule has 6 heteroatoms. The van der Waals surface area contributed by atoms with E-state index in [2.05, 4.69) is 24.1 Å². The predicted molar refractivity (Wildman–Crippen MR) is 84.7 cm³/mol. The number of hydrogen-bond donors (Lipinski definition) is 1. The number of nitrogens with one attached hydrogen (secondary N) is 1. The number of nitro groups is 1. The number of halogens is 1. The molecule has 1 aliphatic heterocycles. The third kappa shape index (κ3) is 4.15. The van der Waals surface area contributed by atoms with Gasteiger partial charge in [0.2, 0.25) is 0 Å². The monoisotopic (exact) mass is 311 g/mol. The molecule has 1 aliphatic rings. The predicted octanol–water partition coefficient (Wildman–Crippen LogP) is 3.24. The minimum absolute atomic E-state index is 0.110. The number of hydrogen-bond acceptors (Lipinski definition) is 4. The van der Waals surface area contributed by atoms with Gasteiger partial charge in [-0.15, -0.1) is 0 Å². The van der Waals surface area contributed by atoms with Gasteiger partial charge in [0, 0.05) is 49.4 Å². The summed E-state index contributed by atoms with van der Waals surface area (Å²) >= 11 is 6.33. The van der Waals surface area contributed by atoms with Crippen molar-refractivity contribution in [3.05, 3.63) is 38.9 Å². The summed E-state index contributed by atoms with van der Waals surface area (Å²) in [5.74, 6) is 0.500. The molecule has 5 nitrogen and oxygen atoms in total. The number of non-ortho nitro benzene ring substituents is 1. The van der Waals surface area contributed by atoms with Crippen molar-refractivity contribution >= 4 is 17.3 Å². The fourth-order valence-corrected chi connectivity index (χ4v) is 3.06. The van der Waals surface area contributed by atoms with Gasteiger partial charge in [0.05, 0.1) is 4.92 Å². The van der Waals surface area contributed by atoms with E-state index in [9.17, 15) is 10.1 Å². The van der Waals surface area contributed by atoms with Gasteiger partial charge >= 0.3 is 0 Å². The Kier molecular flexibility index (Phi) is 5.56. The maximum Gasteiger partial charge on any atom is 0.269 e. The smallest absolute Gasteiger partial charge is 0.269 e. The summed E-state index contributed by atoms with van der Waals surface area (Å²) in [7, 11) is 0. The molecule has 0 aromatic heterocycles. The minimum atomic E-state index is -0.357. The van der Waals surface area contributed by atoms with Crippen LogP contribution in [0.1, 0.15) is 31.9 Å². The van der Waals surface area contributed by atoms with E-state index in [1.54, 1.807) is 12.1 Å². The summed E-state index contributed by atoms with van der Waals surface area (Å²) in [5, 5.41) is 15.0. The van der Waals surface area contributed by atoms with E-state index >= 15 is 0 Å². The van der Waals surface area contributed by atoms with Crippen molar-refractivity contribution < 1.29 is 4.92 Å². The molecular weight excluding hydrogens is 290 g/mol. The Bertz CT molecular complexity index is 502. The van der Waals surface area contributed by atoms with E-state index in [0.29, 0.717) is 10.9 Å². The van der Waals surface area contributed by atoms with E-state index in [-0.39, 0.29) is 16.7 Å². The van der Waals surface area contributed by atoms with Crippen molar-refractivity contribution in [1.29, 1.82) is 0 Å². The van der Waals surface area contributed by atoms with Crippen molar-refractivity contribution in [2.45, 2.75) is 26.3 Å². The van der Waals surface area contributed by atoms with Crippen LogP contribution in [0.4, 0.5) is 5.69 Å². The summed E-state index contributed by atoms with van der Waals surface area (Å²) in [5.41, 5.74) is 0.986. The zero-order chi connectivity index (χ0) is 15.4. The topological polar surface area (TPSA) is 58.4 Å². The molecule has 1 saturated heterocycles. The Morgan fingerprint density at radius 2 is 2.05 bits per heavy atom. The van der Waals surface area contributed by atoms with Crippen LogP contribution in [0.15, 0.2) is 18.2 Å². The Labute approximate surface area is 130 Å². The lowest BCUT2D eigenvalue weighted by atomic mass is 9.94. The molecule has 1 atom stereocenters. The molecule has 1 aromatic rings. The summed E-state index contributed by atoms with van der Waals surface area (Å²) in [4.78, 5) is 13.0. The summed E-state index contributed by atoms with van der Waals surface area (Å²) in [6.07, 6.45) is 0.945. The molecule has 0 spiro atoms. The molecule has 1 heterocycles. The number of rotatable bonds is 5. The zero-order valence-corrected chi connectivity index (χ0v) is 13.3. The van der Waals surface area contributed by atoms with Gasteiger partial charge in [-0.05, 0) is 24.0 Å². The van der Waals surface area contributed by atoms with Crippen LogP contribution in [-0.2, 0) is 0 Å². The molecule has 1 N–H and O–H groups in total. The van der Waals surface area contributed by atoms with Crippen LogP contribution >= 0.6 is 11.6 Å². The Balaban J connectivity index is 2.34. The second-order valence-electron chi connectivity index (χ2n) is 5.89. The second kappa shape index (κ2) is 7.20. The lowest BCUT2D eigenvalue weighted by molar-refractivity contribution is -0.385. The molecule has 1 fully saturated rings. The Morgan fingerprint density at radius 3 is 2.62 bits per heavy atom. The third-order valence-corrected chi connectivity index (χ3v) is 4.18. The van der Waals surface area contributed by atoms with Gasteiger partial charge in [-0.3, -0.25) is 15.0 Å². The SMILES string of the molecule is CC(C)C[C@H](c1cc([N+](=O)[O-])ccc1Cl)N1CCNCC1. The Morgan fingerprint density at radius 1 is 1.38 bits per heavy atom. The maximum absolute atomic E-state index is 11.0. The fraction of sp³-hybridized carbons (Fsp3) is 0.600. The molecule has 116 valence electrons. The number of piperazine rings is 1. The van der Waals surface area contributed by atoms with E-state index in [0.717, 1.165) is 38.2 Å². The summed E-state index contributed by atoms with van der Waals surface area (Å²) in [6.45, 7) is 8.11. The molecule has 0 saturated carbocycles. The highest BCUT2D eigenvalue weighted by Crippen LogP contribution is 2.35. The molecule has 0 bridgehead atoms. The number of nitrogens with zero attached hydrogens (tertiary/aromatic N) is 2. The molecular formula is C15H22ClN3O2. The van der Waals surface area contributed by atoms with E-state index in [1.165, 1.54) is 6.07 Å². The van der Waals surface area contributed by atoms with Crippen LogP contribution in [0.25, 0.3) is 0 Å². The highest BCUT2D eigenvalue weighted by atomic mass is 35.5. The van der Waals surface area contributed by atoms with Crippen molar-refractivity contribution in [3.8, 4) is 0 Å². The van der Waals surface area contributed by atoms with E-state index in [1.807, 2.05) is 0 Å². The fourth-order valence-electron chi connectivity index (χ4n) is 2.81. The first-order valence-corrected chi connectivity index (χ1v) is 7.75. The average molecular weight is 312 g/mol. The van der Waals surface area contributed by atoms with Crippen molar-refractivity contribution in [3.63, 3.8) is 0 Å². The van der Waals surface area contributed by atoms with Crippen LogP contribution in [0.5, 0.6) is 0 Å². The average Bonchev–Trinajstić information content (AvgIpc) is 2.46. The first-order valence-electron chi connectivity index (χ1n) is 7.37. The van der Waals surface area contributed by atoms with Gasteiger partial charge in [0.1, 0.15) is 0 Å². The summed E-state index contributed by atoms with van der Waals surface area (Å²) in [6, 6.07) is 4.89. The first-order chi connectivity index (χ1) is 9.99. The van der Waals surface area contributed by atoms with Crippen molar-refractivity contribution in [2.24, 2.45) is 5.92 Å². The standard InChI is InChI=1S/C15H22ClN3O2/c1-11(2)9-15(18-7-5-17-6-8-18)13-10-12(19(20)21)3-4-14(13)16/h3-4,10-11,15,17H,5-9H2,1-2H3/t15-/m1/s1. The molecule has 2 rings (SSSR count). The minimum Gasteiger partial charge on any atom is -0.314 e. The van der Waals surface area contributed by atoms with E-state index in [4.69, 9.17) is 11.6 Å². The van der Waals surface area contributed by atoms with Crippen molar-refractivity contribution in [2.75, 3.05) is 26.2 Å².